The minimum Gasteiger partial charge on any atom is -0.503 e. The van der Waals surface area contributed by atoms with Crippen molar-refractivity contribution < 1.29 is 23.1 Å². The summed E-state index contributed by atoms with van der Waals surface area (Å²) >= 11 is 5.62. The molecule has 0 atom stereocenters. The highest BCUT2D eigenvalue weighted by Gasteiger charge is 2.27. The van der Waals surface area contributed by atoms with Gasteiger partial charge in [0.1, 0.15) is 0 Å². The number of carbonyl (C=O) groups excluding carboxylic acids is 1. The zero-order valence-electron chi connectivity index (χ0n) is 11.1. The minimum absolute atomic E-state index is 0.328. The van der Waals surface area contributed by atoms with E-state index >= 15 is 0 Å². The Hall–Kier alpha value is -1.47. The molecule has 1 aromatic rings. The van der Waals surface area contributed by atoms with Gasteiger partial charge in [-0.05, 0) is 6.07 Å². The first-order valence-corrected chi connectivity index (χ1v) is 6.93. The Bertz CT molecular complexity index is 549. The van der Waals surface area contributed by atoms with E-state index in [0.29, 0.717) is 44.7 Å². The average molecular weight is 323 g/mol. The molecule has 8 heteroatoms. The minimum atomic E-state index is -1.70. The summed E-state index contributed by atoms with van der Waals surface area (Å²) in [7, 11) is 0. The molecule has 0 aromatic heterocycles. The van der Waals surface area contributed by atoms with Gasteiger partial charge in [0.05, 0.1) is 5.56 Å². The molecule has 1 fully saturated rings. The Morgan fingerprint density at radius 3 is 2.38 bits per heavy atom. The monoisotopic (exact) mass is 322 g/mol. The second-order valence-electron chi connectivity index (χ2n) is 4.71. The summed E-state index contributed by atoms with van der Waals surface area (Å²) in [4.78, 5) is 15.5. The van der Waals surface area contributed by atoms with Crippen LogP contribution in [-0.2, 0) is 0 Å². The van der Waals surface area contributed by atoms with E-state index in [-0.39, 0.29) is 0 Å². The van der Waals surface area contributed by atoms with Crippen LogP contribution < -0.4 is 0 Å². The fourth-order valence-corrected chi connectivity index (χ4v) is 2.45. The first-order chi connectivity index (χ1) is 9.95. The Morgan fingerprint density at radius 2 is 1.81 bits per heavy atom. The summed E-state index contributed by atoms with van der Waals surface area (Å²) in [5.74, 6) is -6.37. The number of rotatable bonds is 3. The molecule has 116 valence electrons. The zero-order chi connectivity index (χ0) is 15.6. The molecule has 0 saturated carbocycles. The maximum Gasteiger partial charge on any atom is 0.257 e. The van der Waals surface area contributed by atoms with Gasteiger partial charge >= 0.3 is 0 Å². The number of aromatic hydroxyl groups is 1. The van der Waals surface area contributed by atoms with Gasteiger partial charge in [-0.1, -0.05) is 0 Å². The van der Waals surface area contributed by atoms with Gasteiger partial charge < -0.3 is 10.0 Å². The summed E-state index contributed by atoms with van der Waals surface area (Å²) in [5.41, 5.74) is -0.669. The highest BCUT2D eigenvalue weighted by molar-refractivity contribution is 6.18. The van der Waals surface area contributed by atoms with Crippen LogP contribution in [0.25, 0.3) is 0 Å². The number of amides is 1. The predicted octanol–water partition coefficient (Wildman–Crippen LogP) is 1.81. The molecule has 1 heterocycles. The number of hydrogen-bond donors (Lipinski definition) is 1. The van der Waals surface area contributed by atoms with Crippen molar-refractivity contribution in [3.05, 3.63) is 29.1 Å². The van der Waals surface area contributed by atoms with E-state index in [1.165, 1.54) is 4.90 Å². The molecule has 1 aliphatic heterocycles. The number of phenols is 1. The largest absolute Gasteiger partial charge is 0.503 e. The van der Waals surface area contributed by atoms with Gasteiger partial charge in [0.25, 0.3) is 5.91 Å². The van der Waals surface area contributed by atoms with Crippen molar-refractivity contribution in [2.45, 2.75) is 0 Å². The maximum absolute atomic E-state index is 13.7. The van der Waals surface area contributed by atoms with Gasteiger partial charge in [-0.25, -0.2) is 8.78 Å². The van der Waals surface area contributed by atoms with E-state index in [1.54, 1.807) is 0 Å². The van der Waals surface area contributed by atoms with Gasteiger partial charge in [-0.2, -0.15) is 4.39 Å². The zero-order valence-corrected chi connectivity index (χ0v) is 11.8. The van der Waals surface area contributed by atoms with Crippen molar-refractivity contribution in [1.82, 2.24) is 9.80 Å². The Labute approximate surface area is 124 Å². The van der Waals surface area contributed by atoms with Crippen LogP contribution in [0.5, 0.6) is 5.75 Å². The molecule has 1 aliphatic rings. The normalized spacial score (nSPS) is 16.3. The number of hydrogen-bond acceptors (Lipinski definition) is 3. The lowest BCUT2D eigenvalue weighted by molar-refractivity contribution is 0.0638. The van der Waals surface area contributed by atoms with E-state index in [9.17, 15) is 18.0 Å². The molecule has 1 saturated heterocycles. The second-order valence-corrected chi connectivity index (χ2v) is 5.08. The molecular formula is C13H14ClF3N2O2. The maximum atomic E-state index is 13.7. The SMILES string of the molecule is O=C(c1cc(F)c(F)c(O)c1F)N1CCN(CCCl)CC1. The predicted molar refractivity (Wildman–Crippen MR) is 71.0 cm³/mol. The quantitative estimate of drug-likeness (QED) is 0.682. The molecule has 0 radical (unpaired) electrons. The summed E-state index contributed by atoms with van der Waals surface area (Å²) in [6, 6.07) is 0.470. The Kier molecular flexibility index (Phi) is 4.95. The van der Waals surface area contributed by atoms with Crippen molar-refractivity contribution in [3.63, 3.8) is 0 Å². The number of benzene rings is 1. The molecule has 21 heavy (non-hydrogen) atoms. The highest BCUT2D eigenvalue weighted by atomic mass is 35.5. The van der Waals surface area contributed by atoms with Gasteiger partial charge in [-0.3, -0.25) is 9.69 Å². The van der Waals surface area contributed by atoms with Gasteiger partial charge in [0, 0.05) is 38.6 Å². The van der Waals surface area contributed by atoms with E-state index in [2.05, 4.69) is 0 Å². The van der Waals surface area contributed by atoms with Crippen molar-refractivity contribution in [1.29, 1.82) is 0 Å². The first kappa shape index (κ1) is 15.9. The van der Waals surface area contributed by atoms with Gasteiger partial charge in [0.15, 0.2) is 17.4 Å². The van der Waals surface area contributed by atoms with Crippen molar-refractivity contribution >= 4 is 17.5 Å². The van der Waals surface area contributed by atoms with Crippen LogP contribution >= 0.6 is 11.6 Å². The third-order valence-corrected chi connectivity index (χ3v) is 3.59. The summed E-state index contributed by atoms with van der Waals surface area (Å²) in [6.45, 7) is 2.47. The average Bonchev–Trinajstić information content (AvgIpc) is 2.49. The summed E-state index contributed by atoms with van der Waals surface area (Å²) in [5, 5.41) is 9.14. The number of alkyl halides is 1. The molecule has 4 nitrogen and oxygen atoms in total. The lowest BCUT2D eigenvalue weighted by Crippen LogP contribution is -2.49. The summed E-state index contributed by atoms with van der Waals surface area (Å²) in [6.07, 6.45) is 0. The topological polar surface area (TPSA) is 43.8 Å². The molecule has 0 spiro atoms. The first-order valence-electron chi connectivity index (χ1n) is 6.39. The van der Waals surface area contributed by atoms with E-state index in [0.717, 1.165) is 0 Å². The van der Waals surface area contributed by atoms with Gasteiger partial charge in [-0.15, -0.1) is 11.6 Å². The Balaban J connectivity index is 2.15. The lowest BCUT2D eigenvalue weighted by atomic mass is 10.1. The van der Waals surface area contributed by atoms with E-state index < -0.39 is 34.7 Å². The third kappa shape index (κ3) is 3.24. The number of carbonyl (C=O) groups is 1. The molecule has 0 unspecified atom stereocenters. The molecule has 2 rings (SSSR count). The molecule has 0 bridgehead atoms. The van der Waals surface area contributed by atoms with Crippen LogP contribution in [-0.4, -0.2) is 59.4 Å². The number of phenolic OH excluding ortho intramolecular Hbond substituents is 1. The van der Waals surface area contributed by atoms with Crippen LogP contribution in [0.3, 0.4) is 0 Å². The summed E-state index contributed by atoms with van der Waals surface area (Å²) < 4.78 is 39.9. The Morgan fingerprint density at radius 1 is 1.19 bits per heavy atom. The molecule has 0 aliphatic carbocycles. The molecule has 1 aromatic carbocycles. The van der Waals surface area contributed by atoms with E-state index in [4.69, 9.17) is 16.7 Å². The number of piperazine rings is 1. The number of halogens is 4. The van der Waals surface area contributed by atoms with E-state index in [1.807, 2.05) is 4.90 Å². The van der Waals surface area contributed by atoms with Crippen LogP contribution in [0.4, 0.5) is 13.2 Å². The lowest BCUT2D eigenvalue weighted by Gasteiger charge is -2.34. The molecule has 1 N–H and O–H groups in total. The molecular weight excluding hydrogens is 309 g/mol. The van der Waals surface area contributed by atoms with Crippen LogP contribution in [0.2, 0.25) is 0 Å². The van der Waals surface area contributed by atoms with Crippen molar-refractivity contribution in [2.24, 2.45) is 0 Å². The van der Waals surface area contributed by atoms with Crippen molar-refractivity contribution in [3.8, 4) is 5.75 Å². The second kappa shape index (κ2) is 6.53. The fourth-order valence-electron chi connectivity index (χ4n) is 2.21. The van der Waals surface area contributed by atoms with Gasteiger partial charge in [0.2, 0.25) is 5.82 Å². The van der Waals surface area contributed by atoms with Crippen LogP contribution in [0, 0.1) is 17.5 Å². The smallest absolute Gasteiger partial charge is 0.257 e. The van der Waals surface area contributed by atoms with Crippen LogP contribution in [0.15, 0.2) is 6.07 Å². The van der Waals surface area contributed by atoms with Crippen molar-refractivity contribution in [2.75, 3.05) is 38.6 Å². The fraction of sp³-hybridized carbons (Fsp3) is 0.462. The standard InChI is InChI=1S/C13H14ClF3N2O2/c14-1-2-18-3-5-19(6-4-18)13(21)8-7-9(15)11(17)12(20)10(8)16/h7,20H,1-6H2. The third-order valence-electron chi connectivity index (χ3n) is 3.42. The molecule has 1 amide bonds. The highest BCUT2D eigenvalue weighted by Crippen LogP contribution is 2.26. The van der Waals surface area contributed by atoms with Crippen LogP contribution in [0.1, 0.15) is 10.4 Å². The number of nitrogens with zero attached hydrogens (tertiary/aromatic N) is 2.